The Morgan fingerprint density at radius 3 is 2.42 bits per heavy atom. The fourth-order valence-electron chi connectivity index (χ4n) is 7.33. The van der Waals surface area contributed by atoms with Crippen LogP contribution in [0.1, 0.15) is 62.0 Å². The summed E-state index contributed by atoms with van der Waals surface area (Å²) in [6, 6.07) is 8.79. The fraction of sp³-hybridized carbons (Fsp3) is 0.424. The summed E-state index contributed by atoms with van der Waals surface area (Å²) in [4.78, 5) is 32.6. The number of ether oxygens (including phenoxy) is 1. The van der Waals surface area contributed by atoms with Crippen molar-refractivity contribution in [1.82, 2.24) is 15.0 Å². The summed E-state index contributed by atoms with van der Waals surface area (Å²) in [5.41, 5.74) is 3.08. The van der Waals surface area contributed by atoms with E-state index in [2.05, 4.69) is 32.9 Å². The summed E-state index contributed by atoms with van der Waals surface area (Å²) in [6.45, 7) is 4.79. The first kappa shape index (κ1) is 29.7. The number of fused-ring (bicyclic) bond motifs is 4. The Morgan fingerprint density at radius 2 is 1.77 bits per heavy atom. The number of hydrogen-bond acceptors (Lipinski definition) is 9. The molecule has 0 spiro atoms. The molecule has 9 nitrogen and oxygen atoms in total. The maximum atomic E-state index is 14.4. The largest absolute Gasteiger partial charge is 0.507 e. The Bertz CT molecular complexity index is 1680. The number of carbonyl (C=O) groups excluding carboxylic acids is 2. The highest BCUT2D eigenvalue weighted by molar-refractivity contribution is 9.10. The van der Waals surface area contributed by atoms with Gasteiger partial charge in [-0.1, -0.05) is 46.3 Å². The van der Waals surface area contributed by atoms with Crippen molar-refractivity contribution in [3.8, 4) is 5.88 Å². The van der Waals surface area contributed by atoms with Gasteiger partial charge in [0.2, 0.25) is 11.6 Å². The average molecular weight is 651 g/mol. The third kappa shape index (κ3) is 4.41. The van der Waals surface area contributed by atoms with Crippen LogP contribution in [0.25, 0.3) is 5.76 Å². The van der Waals surface area contributed by atoms with Gasteiger partial charge in [-0.25, -0.2) is 0 Å². The number of nitrogens with zero attached hydrogens (tertiary/aromatic N) is 3. The monoisotopic (exact) mass is 649 g/mol. The van der Waals surface area contributed by atoms with Crippen LogP contribution in [0.3, 0.4) is 0 Å². The molecule has 3 aliphatic rings. The van der Waals surface area contributed by atoms with Crippen LogP contribution in [0.5, 0.6) is 5.88 Å². The third-order valence-corrected chi connectivity index (χ3v) is 10.4. The van der Waals surface area contributed by atoms with Gasteiger partial charge in [0.1, 0.15) is 17.9 Å². The number of carbonyl (C=O) groups is 2. The molecule has 2 N–H and O–H groups in total. The highest BCUT2D eigenvalue weighted by Crippen LogP contribution is 2.56. The second-order valence-electron chi connectivity index (χ2n) is 12.5. The van der Waals surface area contributed by atoms with Crippen molar-refractivity contribution >= 4 is 33.3 Å². The van der Waals surface area contributed by atoms with Crippen molar-refractivity contribution in [1.29, 1.82) is 0 Å². The predicted octanol–water partition coefficient (Wildman–Crippen LogP) is 4.96. The van der Waals surface area contributed by atoms with Crippen LogP contribution in [0.4, 0.5) is 0 Å². The molecule has 1 aromatic heterocycles. The molecule has 0 unspecified atom stereocenters. The van der Waals surface area contributed by atoms with Gasteiger partial charge in [0.25, 0.3) is 5.88 Å². The number of benzene rings is 2. The average Bonchev–Trinajstić information content (AvgIpc) is 3.38. The lowest BCUT2D eigenvalue weighted by molar-refractivity contribution is -0.142. The third-order valence-electron chi connectivity index (χ3n) is 9.35. The lowest BCUT2D eigenvalue weighted by atomic mass is 9.57. The lowest BCUT2D eigenvalue weighted by Gasteiger charge is -2.49. The first-order valence-corrected chi connectivity index (χ1v) is 15.2. The summed E-state index contributed by atoms with van der Waals surface area (Å²) in [7, 11) is 7.59. The molecule has 6 rings (SSSR count). The van der Waals surface area contributed by atoms with Crippen molar-refractivity contribution in [2.24, 2.45) is 11.8 Å². The molecule has 1 saturated carbocycles. The van der Waals surface area contributed by atoms with E-state index in [-0.39, 0.29) is 35.1 Å². The zero-order valence-electron chi connectivity index (χ0n) is 25.2. The predicted molar refractivity (Wildman–Crippen MR) is 164 cm³/mol. The zero-order chi connectivity index (χ0) is 31.0. The van der Waals surface area contributed by atoms with Crippen LogP contribution >= 0.6 is 15.9 Å². The van der Waals surface area contributed by atoms with Crippen molar-refractivity contribution in [2.75, 3.05) is 28.2 Å². The van der Waals surface area contributed by atoms with Crippen molar-refractivity contribution in [3.05, 3.63) is 85.1 Å². The number of aliphatic hydroxyl groups excluding tert-OH is 1. The van der Waals surface area contributed by atoms with Crippen LogP contribution in [-0.2, 0) is 24.4 Å². The van der Waals surface area contributed by atoms with Gasteiger partial charge in [0.15, 0.2) is 11.4 Å². The van der Waals surface area contributed by atoms with Gasteiger partial charge < -0.3 is 24.4 Å². The van der Waals surface area contributed by atoms with E-state index in [0.717, 1.165) is 32.3 Å². The highest BCUT2D eigenvalue weighted by Gasteiger charge is 2.65. The minimum atomic E-state index is -2.42. The number of halogens is 1. The minimum absolute atomic E-state index is 0.0284. The van der Waals surface area contributed by atoms with Crippen molar-refractivity contribution in [2.45, 2.75) is 51.5 Å². The molecule has 4 atom stereocenters. The summed E-state index contributed by atoms with van der Waals surface area (Å²) in [5, 5.41) is 28.1. The molecule has 3 aromatic rings. The normalized spacial score (nSPS) is 24.7. The van der Waals surface area contributed by atoms with Crippen molar-refractivity contribution in [3.63, 3.8) is 0 Å². The topological polar surface area (TPSA) is 116 Å². The number of rotatable bonds is 6. The van der Waals surface area contributed by atoms with E-state index in [4.69, 9.17) is 9.26 Å². The molecule has 1 heterocycles. The minimum Gasteiger partial charge on any atom is -0.507 e. The van der Waals surface area contributed by atoms with Crippen LogP contribution in [0, 0.1) is 25.7 Å². The Morgan fingerprint density at radius 1 is 1.07 bits per heavy atom. The molecule has 0 bridgehead atoms. The number of aromatic nitrogens is 1. The number of ketones is 2. The van der Waals surface area contributed by atoms with Gasteiger partial charge in [0.05, 0.1) is 6.04 Å². The quantitative estimate of drug-likeness (QED) is 0.358. The van der Waals surface area contributed by atoms with Crippen LogP contribution in [-0.4, -0.2) is 70.5 Å². The van der Waals surface area contributed by atoms with E-state index >= 15 is 0 Å². The van der Waals surface area contributed by atoms with Gasteiger partial charge in [-0.3, -0.25) is 14.5 Å². The Hall–Kier alpha value is -3.31. The lowest BCUT2D eigenvalue weighted by Crippen LogP contribution is -2.63. The summed E-state index contributed by atoms with van der Waals surface area (Å²) in [5.74, 6) is -2.73. The number of Topliss-reactive ketones (excluding diaryl/α,β-unsaturated/α-hetero) is 2. The SMILES string of the molecule is Cc1c(Br)c2c(c(C)c1CN(C)C)C(O)=C1C(=O)[C@]3(O)C(=O)c4c(OCc5ccccc5)noc4[C@@H](N(C)C)[C@@H]3C[C@@H]1C2. The Balaban J connectivity index is 1.47. The molecule has 0 amide bonds. The van der Waals surface area contributed by atoms with Gasteiger partial charge in [-0.05, 0) is 93.8 Å². The molecule has 1 fully saturated rings. The summed E-state index contributed by atoms with van der Waals surface area (Å²) < 4.78 is 12.5. The second-order valence-corrected chi connectivity index (χ2v) is 13.3. The number of aliphatic hydroxyl groups is 2. The first-order valence-electron chi connectivity index (χ1n) is 14.4. The summed E-state index contributed by atoms with van der Waals surface area (Å²) >= 11 is 3.79. The van der Waals surface area contributed by atoms with E-state index in [9.17, 15) is 19.8 Å². The van der Waals surface area contributed by atoms with Crippen LogP contribution in [0.15, 0.2) is 44.9 Å². The maximum absolute atomic E-state index is 14.4. The molecule has 0 aliphatic heterocycles. The van der Waals surface area contributed by atoms with Gasteiger partial charge in [0, 0.05) is 28.1 Å². The molecular weight excluding hydrogens is 614 g/mol. The van der Waals surface area contributed by atoms with E-state index in [1.54, 1.807) is 0 Å². The molecular formula is C33H36BrN3O6. The van der Waals surface area contributed by atoms with Gasteiger partial charge >= 0.3 is 0 Å². The summed E-state index contributed by atoms with van der Waals surface area (Å²) in [6.07, 6.45) is 0.778. The fourth-order valence-corrected chi connectivity index (χ4v) is 7.93. The van der Waals surface area contributed by atoms with Gasteiger partial charge in [-0.2, -0.15) is 0 Å². The molecule has 43 heavy (non-hydrogen) atoms. The highest BCUT2D eigenvalue weighted by atomic mass is 79.9. The smallest absolute Gasteiger partial charge is 0.265 e. The molecule has 0 saturated heterocycles. The van der Waals surface area contributed by atoms with Crippen LogP contribution < -0.4 is 4.74 Å². The van der Waals surface area contributed by atoms with E-state index in [0.29, 0.717) is 24.9 Å². The molecule has 226 valence electrons. The van der Waals surface area contributed by atoms with E-state index in [1.165, 1.54) is 0 Å². The molecule has 2 aromatic carbocycles. The Kier molecular flexibility index (Phi) is 7.40. The van der Waals surface area contributed by atoms with Gasteiger partial charge in [-0.15, -0.1) is 0 Å². The van der Waals surface area contributed by atoms with E-state index < -0.39 is 35.0 Å². The molecule has 0 radical (unpaired) electrons. The standard InChI is InChI=1S/C33H36BrN3O6/c1-16-21(14-36(3)4)17(2)26(34)20-12-19-13-22-27(37(5)6)29-25(32(35-43-29)42-15-18-10-8-7-9-11-18)31(40)33(22,41)30(39)24(19)28(38)23(16)20/h7-11,19,22,27,38,41H,12-15H2,1-6H3/t19-,22-,27-,33-/m0/s1. The maximum Gasteiger partial charge on any atom is 0.265 e. The molecule has 3 aliphatic carbocycles. The van der Waals surface area contributed by atoms with E-state index in [1.807, 2.05) is 70.3 Å². The van der Waals surface area contributed by atoms with Crippen molar-refractivity contribution < 1.29 is 29.1 Å². The zero-order valence-corrected chi connectivity index (χ0v) is 26.8. The molecule has 10 heteroatoms. The Labute approximate surface area is 259 Å². The van der Waals surface area contributed by atoms with Crippen LogP contribution in [0.2, 0.25) is 0 Å². The number of hydrogen-bond donors (Lipinski definition) is 2. The second kappa shape index (κ2) is 10.7. The first-order chi connectivity index (χ1) is 20.4.